The molecule has 0 spiro atoms. The van der Waals surface area contributed by atoms with Crippen molar-refractivity contribution in [2.45, 2.75) is 64.2 Å². The summed E-state index contributed by atoms with van der Waals surface area (Å²) >= 11 is 0. The van der Waals surface area contributed by atoms with Crippen LogP contribution >= 0.6 is 0 Å². The first-order valence-corrected chi connectivity index (χ1v) is 11.7. The highest BCUT2D eigenvalue weighted by Crippen LogP contribution is 2.26. The lowest BCUT2D eigenvalue weighted by molar-refractivity contribution is -0.121. The molecule has 1 fully saturated rings. The molecule has 148 valence electrons. The van der Waals surface area contributed by atoms with Gasteiger partial charge in [-0.1, -0.05) is 25.3 Å². The van der Waals surface area contributed by atoms with Crippen LogP contribution in [0.2, 0.25) is 0 Å². The van der Waals surface area contributed by atoms with Gasteiger partial charge >= 0.3 is 0 Å². The Morgan fingerprint density at radius 2 is 2.04 bits per heavy atom. The average Bonchev–Trinajstić information content (AvgIpc) is 3.22. The maximum atomic E-state index is 12.1. The SMILES string of the molecule is O=C(C[C@H]1C=CS(=O)(=O)C1)NCc1cc2n(n1)CCN(C1CCCCC1)C2. The van der Waals surface area contributed by atoms with Gasteiger partial charge in [-0.05, 0) is 18.9 Å². The van der Waals surface area contributed by atoms with E-state index in [0.717, 1.165) is 25.3 Å². The normalized spacial score (nSPS) is 25.4. The average molecular weight is 393 g/mol. The van der Waals surface area contributed by atoms with E-state index in [2.05, 4.69) is 26.1 Å². The van der Waals surface area contributed by atoms with Crippen LogP contribution in [0, 0.1) is 5.92 Å². The number of sulfone groups is 1. The predicted molar refractivity (Wildman–Crippen MR) is 102 cm³/mol. The number of hydrogen-bond donors (Lipinski definition) is 1. The molecule has 0 unspecified atom stereocenters. The number of hydrogen-bond acceptors (Lipinski definition) is 5. The maximum absolute atomic E-state index is 12.1. The van der Waals surface area contributed by atoms with Crippen molar-refractivity contribution in [1.82, 2.24) is 20.0 Å². The van der Waals surface area contributed by atoms with Crippen LogP contribution < -0.4 is 5.32 Å². The molecular formula is C19H28N4O3S. The number of rotatable bonds is 5. The summed E-state index contributed by atoms with van der Waals surface area (Å²) < 4.78 is 24.9. The second kappa shape index (κ2) is 7.75. The molecule has 1 saturated carbocycles. The molecule has 0 radical (unpaired) electrons. The predicted octanol–water partition coefficient (Wildman–Crippen LogP) is 1.60. The zero-order valence-electron chi connectivity index (χ0n) is 15.6. The van der Waals surface area contributed by atoms with Crippen LogP contribution in [0.25, 0.3) is 0 Å². The summed E-state index contributed by atoms with van der Waals surface area (Å²) in [5.74, 6) is -0.304. The van der Waals surface area contributed by atoms with Crippen molar-refractivity contribution >= 4 is 15.7 Å². The Kier molecular flexibility index (Phi) is 5.36. The fourth-order valence-corrected chi connectivity index (χ4v) is 5.86. The van der Waals surface area contributed by atoms with Gasteiger partial charge in [-0.15, -0.1) is 0 Å². The Morgan fingerprint density at radius 1 is 1.22 bits per heavy atom. The van der Waals surface area contributed by atoms with Crippen LogP contribution in [-0.2, 0) is 34.3 Å². The van der Waals surface area contributed by atoms with Crippen molar-refractivity contribution in [2.24, 2.45) is 5.92 Å². The zero-order chi connectivity index (χ0) is 18.9. The van der Waals surface area contributed by atoms with Crippen LogP contribution in [0.1, 0.15) is 49.9 Å². The molecule has 1 amide bonds. The van der Waals surface area contributed by atoms with E-state index in [4.69, 9.17) is 0 Å². The van der Waals surface area contributed by atoms with Gasteiger partial charge in [0.2, 0.25) is 5.91 Å². The first-order valence-electron chi connectivity index (χ1n) is 9.96. The molecule has 0 bridgehead atoms. The van der Waals surface area contributed by atoms with Crippen LogP contribution in [0.4, 0.5) is 0 Å². The van der Waals surface area contributed by atoms with Crippen LogP contribution in [0.15, 0.2) is 17.6 Å². The number of allylic oxidation sites excluding steroid dienone is 1. The highest BCUT2D eigenvalue weighted by Gasteiger charge is 2.26. The quantitative estimate of drug-likeness (QED) is 0.823. The van der Waals surface area contributed by atoms with Crippen molar-refractivity contribution in [3.05, 3.63) is 28.9 Å². The molecule has 1 atom stereocenters. The number of nitrogens with one attached hydrogen (secondary N) is 1. The van der Waals surface area contributed by atoms with Gasteiger partial charge in [0.1, 0.15) is 0 Å². The molecule has 1 aromatic heterocycles. The maximum Gasteiger partial charge on any atom is 0.220 e. The van der Waals surface area contributed by atoms with E-state index in [1.54, 1.807) is 6.08 Å². The van der Waals surface area contributed by atoms with Crippen LogP contribution in [-0.4, -0.2) is 47.3 Å². The topological polar surface area (TPSA) is 84.3 Å². The summed E-state index contributed by atoms with van der Waals surface area (Å²) in [5, 5.41) is 8.72. The van der Waals surface area contributed by atoms with E-state index in [0.29, 0.717) is 12.6 Å². The Bertz CT molecular complexity index is 824. The molecule has 1 aromatic rings. The third kappa shape index (κ3) is 4.60. The van der Waals surface area contributed by atoms with Crippen molar-refractivity contribution < 1.29 is 13.2 Å². The lowest BCUT2D eigenvalue weighted by Crippen LogP contribution is -2.42. The van der Waals surface area contributed by atoms with Gasteiger partial charge in [0.15, 0.2) is 9.84 Å². The lowest BCUT2D eigenvalue weighted by atomic mass is 9.94. The third-order valence-electron chi connectivity index (χ3n) is 5.89. The molecule has 3 aliphatic rings. The summed E-state index contributed by atoms with van der Waals surface area (Å²) in [6.07, 6.45) is 8.49. The van der Waals surface area contributed by atoms with E-state index in [1.165, 1.54) is 43.2 Å². The van der Waals surface area contributed by atoms with Crippen molar-refractivity contribution in [2.75, 3.05) is 12.3 Å². The smallest absolute Gasteiger partial charge is 0.220 e. The molecule has 4 rings (SSSR count). The molecule has 27 heavy (non-hydrogen) atoms. The van der Waals surface area contributed by atoms with Gasteiger partial charge in [0.05, 0.1) is 30.2 Å². The number of aromatic nitrogens is 2. The van der Waals surface area contributed by atoms with Gasteiger partial charge < -0.3 is 5.32 Å². The van der Waals surface area contributed by atoms with E-state index in [9.17, 15) is 13.2 Å². The number of carbonyl (C=O) groups is 1. The number of nitrogens with zero attached hydrogens (tertiary/aromatic N) is 3. The highest BCUT2D eigenvalue weighted by molar-refractivity contribution is 7.94. The Hall–Kier alpha value is -1.67. The zero-order valence-corrected chi connectivity index (χ0v) is 16.5. The highest BCUT2D eigenvalue weighted by atomic mass is 32.2. The standard InChI is InChI=1S/C19H28N4O3S/c24-19(10-15-6-9-27(25,26)14-15)20-12-16-11-18-13-22(7-8-23(18)21-16)17-4-2-1-3-5-17/h6,9,11,15,17H,1-5,7-8,10,12-14H2,(H,20,24)/t15-/m1/s1. The van der Waals surface area contributed by atoms with Crippen molar-refractivity contribution in [1.29, 1.82) is 0 Å². The van der Waals surface area contributed by atoms with Crippen LogP contribution in [0.5, 0.6) is 0 Å². The van der Waals surface area contributed by atoms with Crippen LogP contribution in [0.3, 0.4) is 0 Å². The molecule has 7 nitrogen and oxygen atoms in total. The van der Waals surface area contributed by atoms with Crippen molar-refractivity contribution in [3.8, 4) is 0 Å². The van der Waals surface area contributed by atoms with Gasteiger partial charge in [0, 0.05) is 36.9 Å². The van der Waals surface area contributed by atoms with Gasteiger partial charge in [-0.2, -0.15) is 5.10 Å². The molecule has 1 aliphatic carbocycles. The van der Waals surface area contributed by atoms with Gasteiger partial charge in [0.25, 0.3) is 0 Å². The molecule has 1 N–H and O–H groups in total. The fourth-order valence-electron chi connectivity index (χ4n) is 4.46. The fraction of sp³-hybridized carbons (Fsp3) is 0.684. The van der Waals surface area contributed by atoms with Gasteiger partial charge in [-0.25, -0.2) is 8.42 Å². The Morgan fingerprint density at radius 3 is 2.78 bits per heavy atom. The third-order valence-corrected chi connectivity index (χ3v) is 7.35. The molecule has 8 heteroatoms. The summed E-state index contributed by atoms with van der Waals surface area (Å²) in [6, 6.07) is 2.80. The monoisotopic (exact) mass is 392 g/mol. The minimum Gasteiger partial charge on any atom is -0.350 e. The summed E-state index contributed by atoms with van der Waals surface area (Å²) in [5.41, 5.74) is 2.10. The molecular weight excluding hydrogens is 364 g/mol. The summed E-state index contributed by atoms with van der Waals surface area (Å²) in [4.78, 5) is 14.7. The molecule has 3 heterocycles. The first kappa shape index (κ1) is 18.7. The van der Waals surface area contributed by atoms with E-state index < -0.39 is 9.84 Å². The Labute approximate surface area is 160 Å². The number of fused-ring (bicyclic) bond motifs is 1. The second-order valence-corrected chi connectivity index (χ2v) is 9.94. The molecule has 0 aromatic carbocycles. The minimum atomic E-state index is -3.11. The van der Waals surface area contributed by atoms with E-state index in [-0.39, 0.29) is 24.0 Å². The van der Waals surface area contributed by atoms with Gasteiger partial charge in [-0.3, -0.25) is 14.4 Å². The lowest BCUT2D eigenvalue weighted by Gasteiger charge is -2.36. The molecule has 2 aliphatic heterocycles. The second-order valence-electron chi connectivity index (χ2n) is 8.01. The Balaban J connectivity index is 1.28. The molecule has 0 saturated heterocycles. The first-order chi connectivity index (χ1) is 13.0. The summed E-state index contributed by atoms with van der Waals surface area (Å²) in [7, 11) is -3.11. The largest absolute Gasteiger partial charge is 0.350 e. The summed E-state index contributed by atoms with van der Waals surface area (Å²) in [6.45, 7) is 3.29. The number of amides is 1. The van der Waals surface area contributed by atoms with E-state index >= 15 is 0 Å². The minimum absolute atomic E-state index is 0.0379. The number of carbonyl (C=O) groups excluding carboxylic acids is 1. The van der Waals surface area contributed by atoms with Crippen molar-refractivity contribution in [3.63, 3.8) is 0 Å². The van der Waals surface area contributed by atoms with E-state index in [1.807, 2.05) is 0 Å².